The van der Waals surface area contributed by atoms with Crippen LogP contribution in [0.15, 0.2) is 30.3 Å². The van der Waals surface area contributed by atoms with Crippen LogP contribution in [0.1, 0.15) is 48.7 Å². The second-order valence-electron chi connectivity index (χ2n) is 6.51. The molecule has 0 unspecified atom stereocenters. The molecule has 0 saturated heterocycles. The van der Waals surface area contributed by atoms with E-state index in [1.165, 1.54) is 5.56 Å². The molecule has 0 fully saturated rings. The van der Waals surface area contributed by atoms with Crippen LogP contribution in [0.2, 0.25) is 5.02 Å². The van der Waals surface area contributed by atoms with Gasteiger partial charge in [-0.1, -0.05) is 49.7 Å². The van der Waals surface area contributed by atoms with Crippen LogP contribution in [0, 0.1) is 13.8 Å². The number of nitrogens with one attached hydrogen (secondary N) is 1. The second-order valence-corrected chi connectivity index (χ2v) is 6.89. The molecule has 4 nitrogen and oxygen atoms in total. The molecule has 25 heavy (non-hydrogen) atoms. The van der Waals surface area contributed by atoms with E-state index in [0.29, 0.717) is 12.5 Å². The lowest BCUT2D eigenvalue weighted by atomic mass is 10.0. The van der Waals surface area contributed by atoms with Crippen molar-refractivity contribution in [2.45, 2.75) is 46.6 Å². The molecule has 5 heteroatoms. The highest BCUT2D eigenvalue weighted by atomic mass is 35.5. The lowest BCUT2D eigenvalue weighted by Crippen LogP contribution is -2.23. The number of rotatable bonds is 7. The molecule has 1 N–H and O–H groups in total. The number of halogens is 1. The van der Waals surface area contributed by atoms with Gasteiger partial charge in [0.25, 0.3) is 0 Å². The third-order valence-corrected chi connectivity index (χ3v) is 4.72. The van der Waals surface area contributed by atoms with Crippen molar-refractivity contribution in [1.29, 1.82) is 0 Å². The summed E-state index contributed by atoms with van der Waals surface area (Å²) < 4.78 is 1.88. The second kappa shape index (κ2) is 8.86. The standard InChI is InChI=1S/C20H26ClN3O/c1-14(2)18-9-6-17(7-10-18)8-11-19(25)22-12-5-13-24-16(4)20(21)15(3)23-24/h6-11,14H,5,12-13H2,1-4H3,(H,22,25)/b11-8+. The van der Waals surface area contributed by atoms with Gasteiger partial charge >= 0.3 is 0 Å². The first kappa shape index (κ1) is 19.3. The minimum absolute atomic E-state index is 0.0839. The fraction of sp³-hybridized carbons (Fsp3) is 0.400. The smallest absolute Gasteiger partial charge is 0.244 e. The van der Waals surface area contributed by atoms with Crippen molar-refractivity contribution in [2.24, 2.45) is 0 Å². The molecule has 0 saturated carbocycles. The van der Waals surface area contributed by atoms with E-state index in [4.69, 9.17) is 11.6 Å². The third-order valence-electron chi connectivity index (χ3n) is 4.17. The minimum Gasteiger partial charge on any atom is -0.352 e. The van der Waals surface area contributed by atoms with Crippen molar-refractivity contribution in [3.8, 4) is 0 Å². The Balaban J connectivity index is 1.75. The van der Waals surface area contributed by atoms with Crippen LogP contribution in [-0.4, -0.2) is 22.2 Å². The molecule has 0 bridgehead atoms. The maximum atomic E-state index is 11.9. The van der Waals surface area contributed by atoms with E-state index in [1.54, 1.807) is 6.08 Å². The summed E-state index contributed by atoms with van der Waals surface area (Å²) >= 11 is 6.13. The summed E-state index contributed by atoms with van der Waals surface area (Å²) in [6.07, 6.45) is 4.21. The zero-order valence-electron chi connectivity index (χ0n) is 15.3. The first-order valence-corrected chi connectivity index (χ1v) is 9.01. The van der Waals surface area contributed by atoms with Gasteiger partial charge in [-0.15, -0.1) is 0 Å². The van der Waals surface area contributed by atoms with Crippen molar-refractivity contribution in [1.82, 2.24) is 15.1 Å². The van der Waals surface area contributed by atoms with Crippen molar-refractivity contribution < 1.29 is 4.79 Å². The van der Waals surface area contributed by atoms with E-state index < -0.39 is 0 Å². The molecule has 1 heterocycles. The largest absolute Gasteiger partial charge is 0.352 e. The van der Waals surface area contributed by atoms with Gasteiger partial charge in [-0.3, -0.25) is 9.48 Å². The summed E-state index contributed by atoms with van der Waals surface area (Å²) in [5.74, 6) is 0.428. The van der Waals surface area contributed by atoms with Gasteiger partial charge in [0.1, 0.15) is 0 Å². The topological polar surface area (TPSA) is 46.9 Å². The molecule has 134 valence electrons. The SMILES string of the molecule is Cc1nn(CCCNC(=O)/C=C/c2ccc(C(C)C)cc2)c(C)c1Cl. The summed E-state index contributed by atoms with van der Waals surface area (Å²) in [4.78, 5) is 11.9. The van der Waals surface area contributed by atoms with Crippen LogP contribution in [0.4, 0.5) is 0 Å². The van der Waals surface area contributed by atoms with Crippen molar-refractivity contribution in [3.63, 3.8) is 0 Å². The molecule has 0 aliphatic heterocycles. The molecular weight excluding hydrogens is 334 g/mol. The molecule has 1 amide bonds. The van der Waals surface area contributed by atoms with Crippen LogP contribution in [0.5, 0.6) is 0 Å². The summed E-state index contributed by atoms with van der Waals surface area (Å²) in [5.41, 5.74) is 4.13. The van der Waals surface area contributed by atoms with Crippen molar-refractivity contribution in [2.75, 3.05) is 6.54 Å². The zero-order valence-corrected chi connectivity index (χ0v) is 16.1. The van der Waals surface area contributed by atoms with E-state index >= 15 is 0 Å². The number of carbonyl (C=O) groups is 1. The highest BCUT2D eigenvalue weighted by Crippen LogP contribution is 2.19. The lowest BCUT2D eigenvalue weighted by Gasteiger charge is -2.06. The Morgan fingerprint density at radius 3 is 2.52 bits per heavy atom. The number of carbonyl (C=O) groups excluding carboxylic acids is 1. The van der Waals surface area contributed by atoms with Gasteiger partial charge in [-0.25, -0.2) is 0 Å². The summed E-state index contributed by atoms with van der Waals surface area (Å²) in [7, 11) is 0. The predicted octanol–water partition coefficient (Wildman–Crippen LogP) is 4.50. The minimum atomic E-state index is -0.0839. The van der Waals surface area contributed by atoms with Gasteiger partial charge in [0.15, 0.2) is 0 Å². The van der Waals surface area contributed by atoms with E-state index in [0.717, 1.165) is 34.9 Å². The van der Waals surface area contributed by atoms with E-state index in [9.17, 15) is 4.79 Å². The zero-order chi connectivity index (χ0) is 18.4. The van der Waals surface area contributed by atoms with Gasteiger partial charge in [0.05, 0.1) is 16.4 Å². The maximum Gasteiger partial charge on any atom is 0.244 e. The van der Waals surface area contributed by atoms with Gasteiger partial charge in [0, 0.05) is 19.2 Å². The van der Waals surface area contributed by atoms with Gasteiger partial charge < -0.3 is 5.32 Å². The third kappa shape index (κ3) is 5.46. The number of amides is 1. The maximum absolute atomic E-state index is 11.9. The summed E-state index contributed by atoms with van der Waals surface area (Å²) in [6, 6.07) is 8.26. The predicted molar refractivity (Wildman–Crippen MR) is 104 cm³/mol. The number of nitrogens with zero attached hydrogens (tertiary/aromatic N) is 2. The first-order valence-electron chi connectivity index (χ1n) is 8.64. The van der Waals surface area contributed by atoms with Crippen LogP contribution >= 0.6 is 11.6 Å². The highest BCUT2D eigenvalue weighted by Gasteiger charge is 2.08. The molecule has 2 rings (SSSR count). The quantitative estimate of drug-likeness (QED) is 0.584. The Labute approximate surface area is 154 Å². The molecule has 2 aromatic rings. The van der Waals surface area contributed by atoms with E-state index in [1.807, 2.05) is 36.7 Å². The van der Waals surface area contributed by atoms with Gasteiger partial charge in [0.2, 0.25) is 5.91 Å². The van der Waals surface area contributed by atoms with E-state index in [2.05, 4.69) is 36.4 Å². The van der Waals surface area contributed by atoms with Gasteiger partial charge in [-0.2, -0.15) is 5.10 Å². The molecule has 0 aliphatic carbocycles. The molecule has 0 aliphatic rings. The average Bonchev–Trinajstić information content (AvgIpc) is 2.84. The first-order chi connectivity index (χ1) is 11.9. The monoisotopic (exact) mass is 359 g/mol. The fourth-order valence-electron chi connectivity index (χ4n) is 2.56. The van der Waals surface area contributed by atoms with Crippen LogP contribution in [-0.2, 0) is 11.3 Å². The summed E-state index contributed by atoms with van der Waals surface area (Å²) in [5, 5.41) is 7.99. The Kier molecular flexibility index (Phi) is 6.82. The molecule has 0 atom stereocenters. The molecule has 0 spiro atoms. The number of hydrogen-bond acceptors (Lipinski definition) is 2. The number of aromatic nitrogens is 2. The Bertz CT molecular complexity index is 745. The number of benzene rings is 1. The van der Waals surface area contributed by atoms with Crippen molar-refractivity contribution >= 4 is 23.6 Å². The molecule has 0 radical (unpaired) electrons. The van der Waals surface area contributed by atoms with Crippen LogP contribution < -0.4 is 5.32 Å². The Morgan fingerprint density at radius 1 is 1.28 bits per heavy atom. The van der Waals surface area contributed by atoms with Gasteiger partial charge in [-0.05, 0) is 43.4 Å². The molecule has 1 aromatic carbocycles. The summed E-state index contributed by atoms with van der Waals surface area (Å²) in [6.45, 7) is 9.52. The molecular formula is C20H26ClN3O. The van der Waals surface area contributed by atoms with Crippen LogP contribution in [0.3, 0.4) is 0 Å². The number of aryl methyl sites for hydroxylation is 2. The van der Waals surface area contributed by atoms with E-state index in [-0.39, 0.29) is 5.91 Å². The average molecular weight is 360 g/mol. The van der Waals surface area contributed by atoms with Crippen molar-refractivity contribution in [3.05, 3.63) is 57.9 Å². The highest BCUT2D eigenvalue weighted by molar-refractivity contribution is 6.31. The normalized spacial score (nSPS) is 11.4. The van der Waals surface area contributed by atoms with Crippen LogP contribution in [0.25, 0.3) is 6.08 Å². The molecule has 1 aromatic heterocycles. The Hall–Kier alpha value is -2.07. The fourth-order valence-corrected chi connectivity index (χ4v) is 2.69. The lowest BCUT2D eigenvalue weighted by molar-refractivity contribution is -0.116. The Morgan fingerprint density at radius 2 is 1.96 bits per heavy atom. The number of hydrogen-bond donors (Lipinski definition) is 1.